The summed E-state index contributed by atoms with van der Waals surface area (Å²) in [5.41, 5.74) is 2.78. The molecule has 1 N–H and O–H groups in total. The van der Waals surface area contributed by atoms with Gasteiger partial charge < -0.3 is 9.88 Å². The number of imidazole rings is 1. The lowest BCUT2D eigenvalue weighted by Gasteiger charge is -2.12. The van der Waals surface area contributed by atoms with Gasteiger partial charge in [-0.1, -0.05) is 48.8 Å². The number of aromatic nitrogens is 2. The van der Waals surface area contributed by atoms with Crippen molar-refractivity contribution in [3.8, 4) is 0 Å². The first kappa shape index (κ1) is 19.2. The number of halogens is 2. The third kappa shape index (κ3) is 4.91. The van der Waals surface area contributed by atoms with Crippen LogP contribution in [0.1, 0.15) is 25.2 Å². The predicted octanol–water partition coefficient (Wildman–Crippen LogP) is 5.19. The van der Waals surface area contributed by atoms with Crippen molar-refractivity contribution in [2.24, 2.45) is 5.92 Å². The van der Waals surface area contributed by atoms with Gasteiger partial charge in [0.1, 0.15) is 0 Å². The maximum atomic E-state index is 12.2. The normalized spacial score (nSPS) is 11.1. The fourth-order valence-electron chi connectivity index (χ4n) is 2.21. The van der Waals surface area contributed by atoms with Crippen LogP contribution in [0.15, 0.2) is 23.4 Å². The van der Waals surface area contributed by atoms with E-state index in [1.54, 1.807) is 18.2 Å². The number of anilines is 1. The molecular weight excluding hydrogens is 365 g/mol. The minimum atomic E-state index is -0.104. The molecule has 24 heavy (non-hydrogen) atoms. The van der Waals surface area contributed by atoms with E-state index in [1.165, 1.54) is 11.8 Å². The second kappa shape index (κ2) is 8.28. The van der Waals surface area contributed by atoms with E-state index in [0.717, 1.165) is 23.1 Å². The van der Waals surface area contributed by atoms with Crippen LogP contribution >= 0.6 is 35.0 Å². The molecule has 0 aliphatic carbocycles. The summed E-state index contributed by atoms with van der Waals surface area (Å²) in [4.78, 5) is 16.7. The van der Waals surface area contributed by atoms with Gasteiger partial charge in [0.15, 0.2) is 5.16 Å². The molecule has 0 saturated carbocycles. The van der Waals surface area contributed by atoms with Crippen LogP contribution in [0.25, 0.3) is 0 Å². The van der Waals surface area contributed by atoms with Crippen molar-refractivity contribution in [3.63, 3.8) is 0 Å². The highest BCUT2D eigenvalue weighted by molar-refractivity contribution is 7.99. The van der Waals surface area contributed by atoms with Gasteiger partial charge in [0.2, 0.25) is 5.91 Å². The Labute approximate surface area is 156 Å². The Bertz CT molecular complexity index is 744. The average molecular weight is 386 g/mol. The Hall–Kier alpha value is -1.17. The second-order valence-corrected chi connectivity index (χ2v) is 7.79. The molecule has 0 aliphatic heterocycles. The Kier molecular flexibility index (Phi) is 6.61. The number of amides is 1. The number of aryl methyl sites for hydroxylation is 1. The van der Waals surface area contributed by atoms with Crippen LogP contribution in [0.2, 0.25) is 10.0 Å². The van der Waals surface area contributed by atoms with Crippen LogP contribution in [0.4, 0.5) is 5.69 Å². The standard InChI is InChI=1S/C17H21Cl2N3OS/c1-10(2)8-22-12(4)11(3)20-17(22)24-9-16(23)21-13-5-6-14(18)15(19)7-13/h5-7,10H,8-9H2,1-4H3,(H,21,23). The molecule has 0 saturated heterocycles. The van der Waals surface area contributed by atoms with E-state index in [1.807, 2.05) is 6.92 Å². The molecule has 2 rings (SSSR count). The van der Waals surface area contributed by atoms with Gasteiger partial charge in [-0.2, -0.15) is 0 Å². The number of nitrogens with zero attached hydrogens (tertiary/aromatic N) is 2. The molecule has 0 fully saturated rings. The minimum absolute atomic E-state index is 0.104. The Morgan fingerprint density at radius 2 is 2.00 bits per heavy atom. The zero-order chi connectivity index (χ0) is 17.9. The molecule has 1 aromatic heterocycles. The van der Waals surface area contributed by atoms with Crippen molar-refractivity contribution < 1.29 is 4.79 Å². The lowest BCUT2D eigenvalue weighted by atomic mass is 10.2. The zero-order valence-corrected chi connectivity index (χ0v) is 16.5. The number of hydrogen-bond donors (Lipinski definition) is 1. The predicted molar refractivity (Wildman–Crippen MR) is 102 cm³/mol. The van der Waals surface area contributed by atoms with Crippen molar-refractivity contribution in [2.75, 3.05) is 11.1 Å². The number of benzene rings is 1. The third-order valence-electron chi connectivity index (χ3n) is 3.51. The number of thioether (sulfide) groups is 1. The number of rotatable bonds is 6. The molecule has 7 heteroatoms. The minimum Gasteiger partial charge on any atom is -0.325 e. The molecule has 4 nitrogen and oxygen atoms in total. The highest BCUT2D eigenvalue weighted by Crippen LogP contribution is 2.26. The van der Waals surface area contributed by atoms with Crippen LogP contribution in [0.3, 0.4) is 0 Å². The average Bonchev–Trinajstić information content (AvgIpc) is 2.76. The number of carbonyl (C=O) groups excluding carboxylic acids is 1. The molecule has 0 radical (unpaired) electrons. The highest BCUT2D eigenvalue weighted by atomic mass is 35.5. The van der Waals surface area contributed by atoms with Gasteiger partial charge >= 0.3 is 0 Å². The Morgan fingerprint density at radius 1 is 1.29 bits per heavy atom. The first-order valence-corrected chi connectivity index (χ1v) is 9.43. The molecule has 1 amide bonds. The molecule has 1 aromatic carbocycles. The summed E-state index contributed by atoms with van der Waals surface area (Å²) in [5.74, 6) is 0.698. The molecule has 2 aromatic rings. The second-order valence-electron chi connectivity index (χ2n) is 6.04. The van der Waals surface area contributed by atoms with E-state index < -0.39 is 0 Å². The van der Waals surface area contributed by atoms with Gasteiger partial charge in [-0.05, 0) is 38.0 Å². The van der Waals surface area contributed by atoms with E-state index in [9.17, 15) is 4.79 Å². The topological polar surface area (TPSA) is 46.9 Å². The molecular formula is C17H21Cl2N3OS. The summed E-state index contributed by atoms with van der Waals surface area (Å²) in [5, 5.41) is 4.58. The van der Waals surface area contributed by atoms with E-state index in [4.69, 9.17) is 23.2 Å². The lowest BCUT2D eigenvalue weighted by Crippen LogP contribution is -2.15. The third-order valence-corrected chi connectivity index (χ3v) is 5.22. The Balaban J connectivity index is 2.01. The summed E-state index contributed by atoms with van der Waals surface area (Å²) in [7, 11) is 0. The van der Waals surface area contributed by atoms with Gasteiger partial charge in [0, 0.05) is 17.9 Å². The maximum absolute atomic E-state index is 12.2. The number of carbonyl (C=O) groups is 1. The van der Waals surface area contributed by atoms with E-state index in [2.05, 4.69) is 35.6 Å². The first-order chi connectivity index (χ1) is 11.3. The van der Waals surface area contributed by atoms with Crippen LogP contribution in [-0.4, -0.2) is 21.2 Å². The SMILES string of the molecule is Cc1nc(SCC(=O)Nc2ccc(Cl)c(Cl)c2)n(CC(C)C)c1C. The van der Waals surface area contributed by atoms with Gasteiger partial charge in [-0.15, -0.1) is 0 Å². The molecule has 0 atom stereocenters. The summed E-state index contributed by atoms with van der Waals surface area (Å²) in [6.45, 7) is 9.28. The van der Waals surface area contributed by atoms with Crippen molar-refractivity contribution >= 4 is 46.6 Å². The quantitative estimate of drug-likeness (QED) is 0.695. The smallest absolute Gasteiger partial charge is 0.234 e. The zero-order valence-electron chi connectivity index (χ0n) is 14.2. The summed E-state index contributed by atoms with van der Waals surface area (Å²) < 4.78 is 2.18. The molecule has 0 spiro atoms. The van der Waals surface area contributed by atoms with Gasteiger partial charge in [0.25, 0.3) is 0 Å². The molecule has 0 bridgehead atoms. The highest BCUT2D eigenvalue weighted by Gasteiger charge is 2.14. The summed E-state index contributed by atoms with van der Waals surface area (Å²) in [6, 6.07) is 5.03. The first-order valence-electron chi connectivity index (χ1n) is 7.69. The molecule has 130 valence electrons. The van der Waals surface area contributed by atoms with Crippen molar-refractivity contribution in [2.45, 2.75) is 39.4 Å². The maximum Gasteiger partial charge on any atom is 0.234 e. The van der Waals surface area contributed by atoms with Gasteiger partial charge in [-0.25, -0.2) is 4.98 Å². The fourth-order valence-corrected chi connectivity index (χ4v) is 3.41. The summed E-state index contributed by atoms with van der Waals surface area (Å²) in [6.07, 6.45) is 0. The molecule has 1 heterocycles. The Morgan fingerprint density at radius 3 is 2.62 bits per heavy atom. The fraction of sp³-hybridized carbons (Fsp3) is 0.412. The van der Waals surface area contributed by atoms with Crippen molar-refractivity contribution in [3.05, 3.63) is 39.6 Å². The van der Waals surface area contributed by atoms with E-state index in [0.29, 0.717) is 21.7 Å². The van der Waals surface area contributed by atoms with Crippen LogP contribution in [0.5, 0.6) is 0 Å². The lowest BCUT2D eigenvalue weighted by molar-refractivity contribution is -0.113. The van der Waals surface area contributed by atoms with Crippen LogP contribution < -0.4 is 5.32 Å². The summed E-state index contributed by atoms with van der Waals surface area (Å²) >= 11 is 13.3. The van der Waals surface area contributed by atoms with Crippen molar-refractivity contribution in [1.82, 2.24) is 9.55 Å². The number of hydrogen-bond acceptors (Lipinski definition) is 3. The monoisotopic (exact) mass is 385 g/mol. The van der Waals surface area contributed by atoms with Crippen molar-refractivity contribution in [1.29, 1.82) is 0 Å². The van der Waals surface area contributed by atoms with E-state index >= 15 is 0 Å². The molecule has 0 aliphatic rings. The van der Waals surface area contributed by atoms with E-state index in [-0.39, 0.29) is 11.7 Å². The van der Waals surface area contributed by atoms with Gasteiger partial charge in [0.05, 0.1) is 21.5 Å². The number of nitrogens with one attached hydrogen (secondary N) is 1. The largest absolute Gasteiger partial charge is 0.325 e. The van der Waals surface area contributed by atoms with Crippen LogP contribution in [-0.2, 0) is 11.3 Å². The molecule has 0 unspecified atom stereocenters. The van der Waals surface area contributed by atoms with Crippen LogP contribution in [0, 0.1) is 19.8 Å². The van der Waals surface area contributed by atoms with Gasteiger partial charge in [-0.3, -0.25) is 4.79 Å².